The molecule has 4 nitrogen and oxygen atoms in total. The van der Waals surface area contributed by atoms with E-state index in [-0.39, 0.29) is 35.8 Å². The van der Waals surface area contributed by atoms with E-state index < -0.39 is 11.6 Å². The Balaban J connectivity index is 1.76. The highest BCUT2D eigenvalue weighted by molar-refractivity contribution is 6.30. The Bertz CT molecular complexity index is 1120. The third kappa shape index (κ3) is 4.97. The highest BCUT2D eigenvalue weighted by Crippen LogP contribution is 2.30. The van der Waals surface area contributed by atoms with Gasteiger partial charge in [0.15, 0.2) is 17.4 Å². The Morgan fingerprint density at radius 1 is 1.03 bits per heavy atom. The lowest BCUT2D eigenvalue weighted by Crippen LogP contribution is -2.26. The fraction of sp³-hybridized carbons (Fsp3) is 0.208. The van der Waals surface area contributed by atoms with Gasteiger partial charge in [-0.05, 0) is 35.7 Å². The Morgan fingerprint density at radius 2 is 1.74 bits per heavy atom. The van der Waals surface area contributed by atoms with E-state index in [9.17, 15) is 18.4 Å². The predicted molar refractivity (Wildman–Crippen MR) is 117 cm³/mol. The molecule has 0 atom stereocenters. The maximum absolute atomic E-state index is 14.7. The van der Waals surface area contributed by atoms with Gasteiger partial charge < -0.3 is 4.90 Å². The topological polar surface area (TPSA) is 50.3 Å². The van der Waals surface area contributed by atoms with Crippen molar-refractivity contribution >= 4 is 29.0 Å². The number of aromatic nitrogens is 1. The fourth-order valence-electron chi connectivity index (χ4n) is 3.23. The average Bonchev–Trinajstić information content (AvgIpc) is 2.79. The van der Waals surface area contributed by atoms with Crippen molar-refractivity contribution in [3.63, 3.8) is 0 Å². The Labute approximate surface area is 184 Å². The second-order valence-corrected chi connectivity index (χ2v) is 7.38. The van der Waals surface area contributed by atoms with E-state index in [1.807, 2.05) is 6.07 Å². The van der Waals surface area contributed by atoms with E-state index in [0.29, 0.717) is 22.7 Å². The van der Waals surface area contributed by atoms with Crippen LogP contribution in [0.1, 0.15) is 35.7 Å². The van der Waals surface area contributed by atoms with Gasteiger partial charge in [-0.25, -0.2) is 13.8 Å². The van der Waals surface area contributed by atoms with Crippen LogP contribution in [-0.4, -0.2) is 23.7 Å². The van der Waals surface area contributed by atoms with E-state index in [4.69, 9.17) is 11.6 Å². The first-order valence-corrected chi connectivity index (χ1v) is 10.2. The van der Waals surface area contributed by atoms with Gasteiger partial charge in [0, 0.05) is 37.2 Å². The summed E-state index contributed by atoms with van der Waals surface area (Å²) >= 11 is 6.02. The number of carbonyl (C=O) groups excluding carboxylic acids is 2. The van der Waals surface area contributed by atoms with Gasteiger partial charge in [0.05, 0.1) is 5.69 Å². The molecule has 0 saturated carbocycles. The zero-order valence-electron chi connectivity index (χ0n) is 17.2. The standard InChI is InChI=1S/C24H21ClF2N2O2/c1-3-21(31)29(2)19-12-11-18(22(26)23(19)27)15-6-8-16(9-7-15)20(30)13-10-17-5-4-14-28-24(17)25/h4-9,11-12,14H,3,10,13H2,1-2H3. The quantitative estimate of drug-likeness (QED) is 0.339. The number of pyridine rings is 1. The van der Waals surface area contributed by atoms with Crippen molar-refractivity contribution in [3.05, 3.63) is 82.6 Å². The van der Waals surface area contributed by atoms with Gasteiger partial charge in [0.1, 0.15) is 5.15 Å². The molecule has 1 heterocycles. The smallest absolute Gasteiger partial charge is 0.226 e. The van der Waals surface area contributed by atoms with Crippen LogP contribution in [-0.2, 0) is 11.2 Å². The van der Waals surface area contributed by atoms with E-state index >= 15 is 0 Å². The minimum absolute atomic E-state index is 0.0553. The number of hydrogen-bond acceptors (Lipinski definition) is 3. The molecule has 3 rings (SSSR count). The molecule has 0 N–H and O–H groups in total. The summed E-state index contributed by atoms with van der Waals surface area (Å²) in [4.78, 5) is 29.3. The minimum atomic E-state index is -1.09. The lowest BCUT2D eigenvalue weighted by atomic mass is 9.99. The van der Waals surface area contributed by atoms with Crippen LogP contribution in [0.4, 0.5) is 14.5 Å². The van der Waals surface area contributed by atoms with Crippen LogP contribution in [0.25, 0.3) is 11.1 Å². The molecular formula is C24H21ClF2N2O2. The third-order valence-corrected chi connectivity index (χ3v) is 5.42. The van der Waals surface area contributed by atoms with E-state index in [0.717, 1.165) is 10.5 Å². The molecule has 31 heavy (non-hydrogen) atoms. The summed E-state index contributed by atoms with van der Waals surface area (Å²) in [5, 5.41) is 0.373. The first-order valence-electron chi connectivity index (χ1n) is 9.81. The third-order valence-electron chi connectivity index (χ3n) is 5.08. The number of carbonyl (C=O) groups is 2. The lowest BCUT2D eigenvalue weighted by molar-refractivity contribution is -0.118. The number of Topliss-reactive ketones (excluding diaryl/α,β-unsaturated/α-hetero) is 1. The normalized spacial score (nSPS) is 10.7. The number of rotatable bonds is 7. The number of ketones is 1. The highest BCUT2D eigenvalue weighted by Gasteiger charge is 2.20. The zero-order valence-corrected chi connectivity index (χ0v) is 17.9. The van der Waals surface area contributed by atoms with Crippen molar-refractivity contribution in [2.24, 2.45) is 0 Å². The van der Waals surface area contributed by atoms with Gasteiger partial charge in [-0.3, -0.25) is 9.59 Å². The van der Waals surface area contributed by atoms with Crippen molar-refractivity contribution < 1.29 is 18.4 Å². The Hall–Kier alpha value is -3.12. The van der Waals surface area contributed by atoms with Crippen LogP contribution in [0.5, 0.6) is 0 Å². The van der Waals surface area contributed by atoms with E-state index in [1.165, 1.54) is 19.2 Å². The molecule has 1 aromatic heterocycles. The number of amides is 1. The summed E-state index contributed by atoms with van der Waals surface area (Å²) < 4.78 is 29.2. The molecule has 0 spiro atoms. The highest BCUT2D eigenvalue weighted by atomic mass is 35.5. The molecule has 0 unspecified atom stereocenters. The van der Waals surface area contributed by atoms with Crippen LogP contribution in [0, 0.1) is 11.6 Å². The van der Waals surface area contributed by atoms with Crippen molar-refractivity contribution in [3.8, 4) is 11.1 Å². The van der Waals surface area contributed by atoms with Crippen molar-refractivity contribution in [2.75, 3.05) is 11.9 Å². The first-order chi connectivity index (χ1) is 14.8. The summed E-state index contributed by atoms with van der Waals surface area (Å²) in [6.07, 6.45) is 2.47. The van der Waals surface area contributed by atoms with Crippen LogP contribution in [0.2, 0.25) is 5.15 Å². The molecule has 2 aromatic carbocycles. The molecule has 0 aliphatic rings. The molecule has 7 heteroatoms. The predicted octanol–water partition coefficient (Wildman–Crippen LogP) is 5.87. The molecule has 3 aromatic rings. The number of aryl methyl sites for hydroxylation is 1. The molecule has 0 radical (unpaired) electrons. The van der Waals surface area contributed by atoms with Gasteiger partial charge >= 0.3 is 0 Å². The molecule has 0 bridgehead atoms. The lowest BCUT2D eigenvalue weighted by Gasteiger charge is -2.18. The van der Waals surface area contributed by atoms with Crippen LogP contribution >= 0.6 is 11.6 Å². The average molecular weight is 443 g/mol. The largest absolute Gasteiger partial charge is 0.313 e. The maximum atomic E-state index is 14.7. The fourth-order valence-corrected chi connectivity index (χ4v) is 3.44. The van der Waals surface area contributed by atoms with Gasteiger partial charge in [0.2, 0.25) is 5.91 Å². The number of nitrogens with zero attached hydrogens (tertiary/aromatic N) is 2. The molecular weight excluding hydrogens is 422 g/mol. The van der Waals surface area contributed by atoms with Gasteiger partial charge in [0.25, 0.3) is 0 Å². The summed E-state index contributed by atoms with van der Waals surface area (Å²) in [5.74, 6) is -2.54. The molecule has 0 fully saturated rings. The number of benzene rings is 2. The molecule has 0 aliphatic carbocycles. The van der Waals surface area contributed by atoms with E-state index in [1.54, 1.807) is 43.5 Å². The zero-order chi connectivity index (χ0) is 22.5. The molecule has 160 valence electrons. The van der Waals surface area contributed by atoms with Gasteiger partial charge in [-0.15, -0.1) is 0 Å². The van der Waals surface area contributed by atoms with Crippen LogP contribution in [0.3, 0.4) is 0 Å². The molecule has 0 saturated heterocycles. The van der Waals surface area contributed by atoms with Crippen molar-refractivity contribution in [2.45, 2.75) is 26.2 Å². The molecule has 1 amide bonds. The first kappa shape index (κ1) is 22.6. The number of hydrogen-bond donors (Lipinski definition) is 0. The SMILES string of the molecule is CCC(=O)N(C)c1ccc(-c2ccc(C(=O)CCc3cccnc3Cl)cc2)c(F)c1F. The van der Waals surface area contributed by atoms with E-state index in [2.05, 4.69) is 4.98 Å². The second kappa shape index (κ2) is 9.79. The summed E-state index contributed by atoms with van der Waals surface area (Å²) in [5.41, 5.74) is 1.63. The Morgan fingerprint density at radius 3 is 2.39 bits per heavy atom. The summed E-state index contributed by atoms with van der Waals surface area (Å²) in [7, 11) is 1.41. The summed E-state index contributed by atoms with van der Waals surface area (Å²) in [6, 6.07) is 12.7. The van der Waals surface area contributed by atoms with Gasteiger partial charge in [-0.1, -0.05) is 48.9 Å². The van der Waals surface area contributed by atoms with Crippen molar-refractivity contribution in [1.82, 2.24) is 4.98 Å². The van der Waals surface area contributed by atoms with Crippen LogP contribution < -0.4 is 4.90 Å². The Kier molecular flexibility index (Phi) is 7.13. The molecule has 0 aliphatic heterocycles. The number of halogens is 3. The second-order valence-electron chi connectivity index (χ2n) is 7.02. The maximum Gasteiger partial charge on any atom is 0.226 e. The monoisotopic (exact) mass is 442 g/mol. The van der Waals surface area contributed by atoms with Gasteiger partial charge in [-0.2, -0.15) is 0 Å². The number of anilines is 1. The van der Waals surface area contributed by atoms with Crippen molar-refractivity contribution in [1.29, 1.82) is 0 Å². The minimum Gasteiger partial charge on any atom is -0.313 e. The van der Waals surface area contributed by atoms with Crippen LogP contribution in [0.15, 0.2) is 54.7 Å². The summed E-state index contributed by atoms with van der Waals surface area (Å²) in [6.45, 7) is 1.65.